The minimum absolute atomic E-state index is 0.0999. The molecule has 0 spiro atoms. The van der Waals surface area contributed by atoms with E-state index in [1.54, 1.807) is 0 Å². The van der Waals surface area contributed by atoms with Gasteiger partial charge in [0.15, 0.2) is 0 Å². The Morgan fingerprint density at radius 3 is 2.74 bits per heavy atom. The summed E-state index contributed by atoms with van der Waals surface area (Å²) in [6.45, 7) is 6.03. The summed E-state index contributed by atoms with van der Waals surface area (Å²) in [5, 5.41) is 13.2. The Morgan fingerprint density at radius 1 is 1.26 bits per heavy atom. The van der Waals surface area contributed by atoms with E-state index < -0.39 is 0 Å². The van der Waals surface area contributed by atoms with E-state index in [-0.39, 0.29) is 5.54 Å². The molecule has 1 atom stereocenters. The number of hydrogen-bond acceptors (Lipinski definition) is 4. The molecular formula is C25H35N5O. The van der Waals surface area contributed by atoms with Gasteiger partial charge in [-0.05, 0) is 62.6 Å². The molecule has 1 aliphatic carbocycles. The van der Waals surface area contributed by atoms with Gasteiger partial charge in [-0.1, -0.05) is 25.3 Å². The summed E-state index contributed by atoms with van der Waals surface area (Å²) in [6.07, 6.45) is 12.6. The van der Waals surface area contributed by atoms with Crippen molar-refractivity contribution in [2.75, 3.05) is 6.54 Å². The van der Waals surface area contributed by atoms with Crippen molar-refractivity contribution in [3.63, 3.8) is 0 Å². The molecule has 0 bridgehead atoms. The summed E-state index contributed by atoms with van der Waals surface area (Å²) >= 11 is 0. The molecule has 1 aliphatic heterocycles. The van der Waals surface area contributed by atoms with Gasteiger partial charge in [-0.25, -0.2) is 0 Å². The lowest BCUT2D eigenvalue weighted by Crippen LogP contribution is -2.43. The fourth-order valence-electron chi connectivity index (χ4n) is 5.58. The Bertz CT molecular complexity index is 983. The minimum atomic E-state index is -0.0999. The van der Waals surface area contributed by atoms with Crippen molar-refractivity contribution in [1.82, 2.24) is 14.7 Å². The van der Waals surface area contributed by atoms with Gasteiger partial charge in [-0.3, -0.25) is 9.48 Å². The predicted octanol–water partition coefficient (Wildman–Crippen LogP) is 4.58. The molecule has 1 aromatic carbocycles. The number of nitrogens with two attached hydrogens (primary N) is 1. The SMILES string of the molecule is CC1(C)CC(Cn2ncc3cc(/C(C=N)=C/N)ccc32)CN1C(=O)CC1CCCCC1. The molecule has 1 saturated heterocycles. The molecule has 6 heteroatoms. The lowest BCUT2D eigenvalue weighted by Gasteiger charge is -2.33. The van der Waals surface area contributed by atoms with Crippen LogP contribution in [0.5, 0.6) is 0 Å². The highest BCUT2D eigenvalue weighted by Gasteiger charge is 2.41. The lowest BCUT2D eigenvalue weighted by atomic mass is 9.86. The Labute approximate surface area is 185 Å². The van der Waals surface area contributed by atoms with Gasteiger partial charge in [0.2, 0.25) is 5.91 Å². The van der Waals surface area contributed by atoms with Gasteiger partial charge in [0.05, 0.1) is 11.7 Å². The van der Waals surface area contributed by atoms with Crippen molar-refractivity contribution < 1.29 is 4.79 Å². The van der Waals surface area contributed by atoms with E-state index in [4.69, 9.17) is 11.1 Å². The largest absolute Gasteiger partial charge is 0.404 e. The van der Waals surface area contributed by atoms with Crippen LogP contribution in [-0.4, -0.2) is 38.9 Å². The third kappa shape index (κ3) is 4.53. The lowest BCUT2D eigenvalue weighted by molar-refractivity contribution is -0.135. The molecule has 2 aliphatic rings. The Balaban J connectivity index is 1.45. The van der Waals surface area contributed by atoms with Gasteiger partial charge in [0, 0.05) is 48.4 Å². The normalized spacial score (nSPS) is 22.2. The molecule has 0 radical (unpaired) electrons. The molecule has 2 aromatic rings. The summed E-state index contributed by atoms with van der Waals surface area (Å²) in [7, 11) is 0. The first-order valence-electron chi connectivity index (χ1n) is 11.6. The smallest absolute Gasteiger partial charge is 0.223 e. The number of allylic oxidation sites excluding steroid dienone is 1. The number of carbonyl (C=O) groups excluding carboxylic acids is 1. The van der Waals surface area contributed by atoms with E-state index in [0.29, 0.717) is 29.7 Å². The molecule has 1 saturated carbocycles. The molecule has 1 amide bonds. The van der Waals surface area contributed by atoms with E-state index in [9.17, 15) is 4.79 Å². The molecule has 6 nitrogen and oxygen atoms in total. The van der Waals surface area contributed by atoms with Crippen LogP contribution in [0, 0.1) is 17.2 Å². The molecule has 3 N–H and O–H groups in total. The molecule has 2 fully saturated rings. The number of nitrogens with one attached hydrogen (secondary N) is 1. The highest BCUT2D eigenvalue weighted by Crippen LogP contribution is 2.36. The average Bonchev–Trinajstić information content (AvgIpc) is 3.29. The van der Waals surface area contributed by atoms with Gasteiger partial charge in [-0.2, -0.15) is 5.10 Å². The van der Waals surface area contributed by atoms with Crippen LogP contribution < -0.4 is 5.73 Å². The standard InChI is InChI=1S/C25H35N5O/c1-25(2)12-19(16-29(25)24(31)10-18-6-4-3-5-7-18)17-30-23-9-8-20(22(13-26)14-27)11-21(23)15-28-30/h8-9,11,13-15,18-19,26H,3-7,10,12,16-17,27H2,1-2H3/b22-14+,26-13?. The quantitative estimate of drug-likeness (QED) is 0.669. The van der Waals surface area contributed by atoms with Crippen LogP contribution >= 0.6 is 0 Å². The predicted molar refractivity (Wildman–Crippen MR) is 126 cm³/mol. The second-order valence-electron chi connectivity index (χ2n) is 9.96. The van der Waals surface area contributed by atoms with Crippen LogP contribution in [0.3, 0.4) is 0 Å². The topological polar surface area (TPSA) is 88.0 Å². The second-order valence-corrected chi connectivity index (χ2v) is 9.96. The zero-order valence-electron chi connectivity index (χ0n) is 18.8. The van der Waals surface area contributed by atoms with Crippen LogP contribution in [0.25, 0.3) is 16.5 Å². The first-order chi connectivity index (χ1) is 14.9. The van der Waals surface area contributed by atoms with Gasteiger partial charge < -0.3 is 16.0 Å². The molecule has 1 aromatic heterocycles. The molecular weight excluding hydrogens is 386 g/mol. The van der Waals surface area contributed by atoms with Crippen molar-refractivity contribution in [3.05, 3.63) is 36.2 Å². The third-order valence-electron chi connectivity index (χ3n) is 7.19. The summed E-state index contributed by atoms with van der Waals surface area (Å²) in [6, 6.07) is 6.07. The molecule has 166 valence electrons. The van der Waals surface area contributed by atoms with Crippen molar-refractivity contribution in [3.8, 4) is 0 Å². The summed E-state index contributed by atoms with van der Waals surface area (Å²) in [5.74, 6) is 1.31. The molecule has 4 rings (SSSR count). The third-order valence-corrected chi connectivity index (χ3v) is 7.19. The van der Waals surface area contributed by atoms with Crippen molar-refractivity contribution in [2.24, 2.45) is 17.6 Å². The number of nitrogens with zero attached hydrogens (tertiary/aromatic N) is 3. The maximum Gasteiger partial charge on any atom is 0.223 e. The highest BCUT2D eigenvalue weighted by atomic mass is 16.2. The highest BCUT2D eigenvalue weighted by molar-refractivity contribution is 6.09. The van der Waals surface area contributed by atoms with Crippen molar-refractivity contribution in [1.29, 1.82) is 5.41 Å². The zero-order valence-corrected chi connectivity index (χ0v) is 18.8. The number of rotatable bonds is 6. The Morgan fingerprint density at radius 2 is 2.03 bits per heavy atom. The van der Waals surface area contributed by atoms with Crippen LogP contribution in [0.2, 0.25) is 0 Å². The number of amides is 1. The first kappa shape index (κ1) is 21.6. The van der Waals surface area contributed by atoms with Gasteiger partial charge in [0.25, 0.3) is 0 Å². The van der Waals surface area contributed by atoms with E-state index >= 15 is 0 Å². The van der Waals surface area contributed by atoms with Gasteiger partial charge in [-0.15, -0.1) is 0 Å². The minimum Gasteiger partial charge on any atom is -0.404 e. The van der Waals surface area contributed by atoms with Crippen LogP contribution in [-0.2, 0) is 11.3 Å². The summed E-state index contributed by atoms with van der Waals surface area (Å²) < 4.78 is 2.06. The Kier molecular flexibility index (Phi) is 6.17. The zero-order chi connectivity index (χ0) is 22.0. The van der Waals surface area contributed by atoms with E-state index in [1.807, 2.05) is 18.3 Å². The van der Waals surface area contributed by atoms with Crippen molar-refractivity contribution >= 4 is 28.6 Å². The number of hydrogen-bond donors (Lipinski definition) is 2. The monoisotopic (exact) mass is 421 g/mol. The van der Waals surface area contributed by atoms with Crippen LogP contribution in [0.4, 0.5) is 0 Å². The number of likely N-dealkylation sites (tertiary alicyclic amines) is 1. The fraction of sp³-hybridized carbons (Fsp3) is 0.560. The first-order valence-corrected chi connectivity index (χ1v) is 11.6. The molecule has 2 heterocycles. The second kappa shape index (κ2) is 8.85. The number of benzene rings is 1. The van der Waals surface area contributed by atoms with Crippen molar-refractivity contribution in [2.45, 2.75) is 70.9 Å². The van der Waals surface area contributed by atoms with Gasteiger partial charge >= 0.3 is 0 Å². The number of aromatic nitrogens is 2. The molecule has 1 unspecified atom stereocenters. The molecule has 31 heavy (non-hydrogen) atoms. The summed E-state index contributed by atoms with van der Waals surface area (Å²) in [4.78, 5) is 15.3. The number of fused-ring (bicyclic) bond motifs is 1. The van der Waals surface area contributed by atoms with E-state index in [1.165, 1.54) is 44.5 Å². The van der Waals surface area contributed by atoms with E-state index in [0.717, 1.165) is 36.0 Å². The van der Waals surface area contributed by atoms with Crippen LogP contribution in [0.1, 0.15) is 64.4 Å². The average molecular weight is 422 g/mol. The van der Waals surface area contributed by atoms with Crippen LogP contribution in [0.15, 0.2) is 30.6 Å². The maximum atomic E-state index is 13.1. The van der Waals surface area contributed by atoms with E-state index in [2.05, 4.69) is 34.6 Å². The maximum absolute atomic E-state index is 13.1. The fourth-order valence-corrected chi connectivity index (χ4v) is 5.58. The Hall–Kier alpha value is -2.63. The summed E-state index contributed by atoms with van der Waals surface area (Å²) in [5.41, 5.74) is 8.22. The number of carbonyl (C=O) groups is 1. The van der Waals surface area contributed by atoms with Gasteiger partial charge in [0.1, 0.15) is 0 Å².